The van der Waals surface area contributed by atoms with Gasteiger partial charge in [-0.25, -0.2) is 13.4 Å². The number of rotatable bonds is 6. The fourth-order valence-electron chi connectivity index (χ4n) is 2.44. The van der Waals surface area contributed by atoms with Crippen molar-refractivity contribution in [1.29, 1.82) is 0 Å². The van der Waals surface area contributed by atoms with Gasteiger partial charge in [0.2, 0.25) is 0 Å². The number of hydrogen-bond donors (Lipinski definition) is 0. The molecule has 0 saturated carbocycles. The van der Waals surface area contributed by atoms with Crippen LogP contribution < -0.4 is 4.90 Å². The van der Waals surface area contributed by atoms with Gasteiger partial charge >= 0.3 is 0 Å². The first-order valence-electron chi connectivity index (χ1n) is 7.87. The molecule has 138 valence electrons. The highest BCUT2D eigenvalue weighted by Crippen LogP contribution is 2.33. The molecular formula is C17H19N3O4S2. The Bertz CT molecular complexity index is 1020. The molecule has 0 aliphatic carbocycles. The zero-order valence-electron chi connectivity index (χ0n) is 14.7. The Kier molecular flexibility index (Phi) is 5.12. The van der Waals surface area contributed by atoms with E-state index in [1.54, 1.807) is 24.3 Å². The molecule has 0 fully saturated rings. The fourth-order valence-corrected chi connectivity index (χ4v) is 4.36. The van der Waals surface area contributed by atoms with E-state index in [9.17, 15) is 13.2 Å². The van der Waals surface area contributed by atoms with Crippen molar-refractivity contribution >= 4 is 42.4 Å². The molecule has 0 N–H and O–H groups in total. The van der Waals surface area contributed by atoms with Gasteiger partial charge in [-0.3, -0.25) is 9.69 Å². The van der Waals surface area contributed by atoms with Crippen LogP contribution in [-0.4, -0.2) is 57.6 Å². The number of likely N-dealkylation sites (N-methyl/N-ethyl adjacent to an activating group) is 1. The van der Waals surface area contributed by atoms with Crippen molar-refractivity contribution in [1.82, 2.24) is 9.88 Å². The SMILES string of the molecule is CN(C)CCN(C(=O)c1ccco1)c1nc2c(S(C)(=O)=O)cccc2s1. The number of carbonyl (C=O) groups excluding carboxylic acids is 1. The van der Waals surface area contributed by atoms with Gasteiger partial charge in [0.25, 0.3) is 5.91 Å². The Labute approximate surface area is 155 Å². The van der Waals surface area contributed by atoms with Crippen LogP contribution in [0.25, 0.3) is 10.2 Å². The third-order valence-corrected chi connectivity index (χ3v) is 5.92. The quantitative estimate of drug-likeness (QED) is 0.640. The van der Waals surface area contributed by atoms with Crippen molar-refractivity contribution in [3.63, 3.8) is 0 Å². The number of sulfone groups is 1. The van der Waals surface area contributed by atoms with E-state index in [1.165, 1.54) is 28.6 Å². The number of thiazole rings is 1. The molecule has 3 aromatic rings. The Morgan fingerprint density at radius 1 is 1.19 bits per heavy atom. The number of furan rings is 1. The van der Waals surface area contributed by atoms with E-state index < -0.39 is 9.84 Å². The first kappa shape index (κ1) is 18.6. The number of hydrogen-bond acceptors (Lipinski definition) is 7. The summed E-state index contributed by atoms with van der Waals surface area (Å²) in [6.45, 7) is 1.03. The van der Waals surface area contributed by atoms with Crippen LogP contribution in [-0.2, 0) is 9.84 Å². The second-order valence-corrected chi connectivity index (χ2v) is 9.10. The third kappa shape index (κ3) is 3.79. The minimum absolute atomic E-state index is 0.163. The van der Waals surface area contributed by atoms with Crippen molar-refractivity contribution in [3.05, 3.63) is 42.4 Å². The van der Waals surface area contributed by atoms with Crippen LogP contribution in [0.3, 0.4) is 0 Å². The monoisotopic (exact) mass is 393 g/mol. The van der Waals surface area contributed by atoms with Gasteiger partial charge in [0.05, 0.1) is 15.9 Å². The van der Waals surface area contributed by atoms with Gasteiger partial charge in [-0.05, 0) is 38.4 Å². The van der Waals surface area contributed by atoms with Gasteiger partial charge in [-0.2, -0.15) is 0 Å². The highest BCUT2D eigenvalue weighted by atomic mass is 32.2. The lowest BCUT2D eigenvalue weighted by Gasteiger charge is -2.20. The van der Waals surface area contributed by atoms with E-state index >= 15 is 0 Å². The zero-order valence-corrected chi connectivity index (χ0v) is 16.3. The highest BCUT2D eigenvalue weighted by Gasteiger charge is 2.25. The molecule has 0 radical (unpaired) electrons. The van der Waals surface area contributed by atoms with E-state index in [1.807, 2.05) is 19.0 Å². The highest BCUT2D eigenvalue weighted by molar-refractivity contribution is 7.91. The Morgan fingerprint density at radius 2 is 1.96 bits per heavy atom. The summed E-state index contributed by atoms with van der Waals surface area (Å²) in [5.41, 5.74) is 0.386. The van der Waals surface area contributed by atoms with Crippen LogP contribution >= 0.6 is 11.3 Å². The van der Waals surface area contributed by atoms with Crippen molar-refractivity contribution in [2.75, 3.05) is 38.3 Å². The second-order valence-electron chi connectivity index (χ2n) is 6.11. The van der Waals surface area contributed by atoms with Crippen LogP contribution in [0.1, 0.15) is 10.6 Å². The molecule has 3 rings (SSSR count). The number of fused-ring (bicyclic) bond motifs is 1. The number of amides is 1. The van der Waals surface area contributed by atoms with Crippen LogP contribution in [0.4, 0.5) is 5.13 Å². The summed E-state index contributed by atoms with van der Waals surface area (Å²) in [6, 6.07) is 8.25. The van der Waals surface area contributed by atoms with E-state index in [0.29, 0.717) is 28.4 Å². The molecule has 1 aromatic carbocycles. The van der Waals surface area contributed by atoms with Crippen LogP contribution in [0.5, 0.6) is 0 Å². The average molecular weight is 393 g/mol. The summed E-state index contributed by atoms with van der Waals surface area (Å²) in [4.78, 5) is 21.0. The molecule has 0 aliphatic rings. The number of benzene rings is 1. The molecule has 0 unspecified atom stereocenters. The van der Waals surface area contributed by atoms with E-state index in [4.69, 9.17) is 4.42 Å². The molecule has 0 bridgehead atoms. The van der Waals surface area contributed by atoms with Gasteiger partial charge < -0.3 is 9.32 Å². The Balaban J connectivity index is 2.07. The number of carbonyl (C=O) groups is 1. The Hall–Kier alpha value is -2.23. The smallest absolute Gasteiger partial charge is 0.295 e. The van der Waals surface area contributed by atoms with E-state index in [0.717, 1.165) is 6.26 Å². The molecule has 2 aromatic heterocycles. The lowest BCUT2D eigenvalue weighted by molar-refractivity contribution is 0.0958. The molecule has 0 spiro atoms. The maximum atomic E-state index is 12.8. The molecule has 0 saturated heterocycles. The minimum atomic E-state index is -3.42. The first-order chi connectivity index (χ1) is 12.3. The summed E-state index contributed by atoms with van der Waals surface area (Å²) in [6.07, 6.45) is 2.59. The number of para-hydroxylation sites is 1. The largest absolute Gasteiger partial charge is 0.459 e. The molecule has 2 heterocycles. The summed E-state index contributed by atoms with van der Waals surface area (Å²) in [5, 5.41) is 0.444. The summed E-state index contributed by atoms with van der Waals surface area (Å²) >= 11 is 1.28. The molecule has 26 heavy (non-hydrogen) atoms. The van der Waals surface area contributed by atoms with Crippen molar-refractivity contribution < 1.29 is 17.6 Å². The van der Waals surface area contributed by atoms with Crippen LogP contribution in [0.15, 0.2) is 45.9 Å². The number of nitrogens with zero attached hydrogens (tertiary/aromatic N) is 3. The maximum Gasteiger partial charge on any atom is 0.295 e. The lowest BCUT2D eigenvalue weighted by atomic mass is 10.3. The topological polar surface area (TPSA) is 83.7 Å². The summed E-state index contributed by atoms with van der Waals surface area (Å²) in [7, 11) is 0.408. The third-order valence-electron chi connectivity index (χ3n) is 3.75. The zero-order chi connectivity index (χ0) is 18.9. The molecule has 7 nitrogen and oxygen atoms in total. The van der Waals surface area contributed by atoms with E-state index in [2.05, 4.69) is 4.98 Å². The predicted octanol–water partition coefficient (Wildman–Crippen LogP) is 2.50. The normalized spacial score (nSPS) is 12.0. The van der Waals surface area contributed by atoms with Crippen LogP contribution in [0.2, 0.25) is 0 Å². The maximum absolute atomic E-state index is 12.8. The van der Waals surface area contributed by atoms with E-state index in [-0.39, 0.29) is 16.6 Å². The molecule has 0 atom stereocenters. The summed E-state index contributed by atoms with van der Waals surface area (Å²) in [5.74, 6) is -0.0943. The van der Waals surface area contributed by atoms with Crippen LogP contribution in [0, 0.1) is 0 Å². The van der Waals surface area contributed by atoms with Gasteiger partial charge in [0.15, 0.2) is 20.7 Å². The van der Waals surface area contributed by atoms with Gasteiger partial charge in [-0.1, -0.05) is 17.4 Å². The van der Waals surface area contributed by atoms with Crippen molar-refractivity contribution in [2.45, 2.75) is 4.90 Å². The van der Waals surface area contributed by atoms with Gasteiger partial charge in [0.1, 0.15) is 5.52 Å². The van der Waals surface area contributed by atoms with Gasteiger partial charge in [-0.15, -0.1) is 0 Å². The fraction of sp³-hybridized carbons (Fsp3) is 0.294. The van der Waals surface area contributed by atoms with Crippen molar-refractivity contribution in [3.8, 4) is 0 Å². The first-order valence-corrected chi connectivity index (χ1v) is 10.6. The Morgan fingerprint density at radius 3 is 2.58 bits per heavy atom. The molecule has 9 heteroatoms. The number of aromatic nitrogens is 1. The molecule has 0 aliphatic heterocycles. The number of anilines is 1. The lowest BCUT2D eigenvalue weighted by Crippen LogP contribution is -2.36. The minimum Gasteiger partial charge on any atom is -0.459 e. The predicted molar refractivity (Wildman–Crippen MR) is 102 cm³/mol. The van der Waals surface area contributed by atoms with Crippen molar-refractivity contribution in [2.24, 2.45) is 0 Å². The summed E-state index contributed by atoms with van der Waals surface area (Å²) < 4.78 is 30.0. The average Bonchev–Trinajstić information content (AvgIpc) is 3.22. The molecule has 1 amide bonds. The van der Waals surface area contributed by atoms with Gasteiger partial charge in [0, 0.05) is 19.3 Å². The standard InChI is InChI=1S/C17H19N3O4S2/c1-19(2)9-10-20(16(21)12-6-5-11-24-12)17-18-15-13(25-17)7-4-8-14(15)26(3,22)23/h4-8,11H,9-10H2,1-3H3. The molecular weight excluding hydrogens is 374 g/mol. The second kappa shape index (κ2) is 7.18.